The van der Waals surface area contributed by atoms with Crippen LogP contribution in [-0.2, 0) is 11.2 Å². The molecule has 7 heteroatoms. The quantitative estimate of drug-likeness (QED) is 0.779. The molecule has 116 valence electrons. The van der Waals surface area contributed by atoms with Gasteiger partial charge in [-0.1, -0.05) is 34.4 Å². The smallest absolute Gasteiger partial charge is 0.221 e. The Morgan fingerprint density at radius 2 is 1.87 bits per heavy atom. The van der Waals surface area contributed by atoms with E-state index in [0.29, 0.717) is 32.8 Å². The Kier molecular flexibility index (Phi) is 4.32. The van der Waals surface area contributed by atoms with E-state index in [1.807, 2.05) is 0 Å². The predicted molar refractivity (Wildman–Crippen MR) is 88.1 cm³/mol. The number of halogens is 2. The number of nitrogens with zero attached hydrogens (tertiary/aromatic N) is 2. The van der Waals surface area contributed by atoms with Gasteiger partial charge in [-0.3, -0.25) is 9.78 Å². The molecular formula is C16H11Cl2N3O2. The van der Waals surface area contributed by atoms with E-state index in [1.54, 1.807) is 42.6 Å². The molecule has 0 spiro atoms. The number of carbonyl (C=O) groups excluding carboxylic acids is 1. The van der Waals surface area contributed by atoms with E-state index in [4.69, 9.17) is 33.5 Å². The van der Waals surface area contributed by atoms with Gasteiger partial charge in [-0.2, -0.15) is 0 Å². The van der Waals surface area contributed by atoms with Gasteiger partial charge in [-0.15, -0.1) is 0 Å². The average molecular weight is 348 g/mol. The molecule has 2 N–H and O–H groups in total. The Labute approximate surface area is 142 Å². The standard InChI is InChI=1S/C16H11Cl2N3O2/c17-10-2-1-3-11(18)16(10)13-8-14(23-21-13)12-6-9(4-5-20-12)7-15(19)22/h1-6,8H,7H2,(H2,19,22). The van der Waals surface area contributed by atoms with Crippen LogP contribution >= 0.6 is 23.2 Å². The molecule has 1 aromatic carbocycles. The van der Waals surface area contributed by atoms with Crippen LogP contribution in [0.3, 0.4) is 0 Å². The van der Waals surface area contributed by atoms with Crippen LogP contribution < -0.4 is 5.73 Å². The van der Waals surface area contributed by atoms with Gasteiger partial charge in [-0.05, 0) is 29.8 Å². The number of primary amides is 1. The zero-order chi connectivity index (χ0) is 16.4. The van der Waals surface area contributed by atoms with Crippen molar-refractivity contribution in [2.75, 3.05) is 0 Å². The Balaban J connectivity index is 1.98. The molecule has 0 aliphatic heterocycles. The van der Waals surface area contributed by atoms with Gasteiger partial charge in [0, 0.05) is 17.8 Å². The number of hydrogen-bond donors (Lipinski definition) is 1. The lowest BCUT2D eigenvalue weighted by atomic mass is 10.1. The summed E-state index contributed by atoms with van der Waals surface area (Å²) < 4.78 is 5.33. The number of rotatable bonds is 4. The zero-order valence-electron chi connectivity index (χ0n) is 11.8. The Morgan fingerprint density at radius 3 is 2.57 bits per heavy atom. The van der Waals surface area contributed by atoms with Crippen molar-refractivity contribution >= 4 is 29.1 Å². The minimum atomic E-state index is -0.414. The van der Waals surface area contributed by atoms with Crippen LogP contribution in [0.2, 0.25) is 10.0 Å². The largest absolute Gasteiger partial charge is 0.369 e. The highest BCUT2D eigenvalue weighted by molar-refractivity contribution is 6.39. The highest BCUT2D eigenvalue weighted by atomic mass is 35.5. The van der Waals surface area contributed by atoms with Gasteiger partial charge >= 0.3 is 0 Å². The zero-order valence-corrected chi connectivity index (χ0v) is 13.3. The third kappa shape index (κ3) is 3.36. The molecular weight excluding hydrogens is 337 g/mol. The van der Waals surface area contributed by atoms with Crippen molar-refractivity contribution < 1.29 is 9.32 Å². The topological polar surface area (TPSA) is 82.0 Å². The number of amides is 1. The van der Waals surface area contributed by atoms with Gasteiger partial charge in [-0.25, -0.2) is 0 Å². The number of aromatic nitrogens is 2. The fourth-order valence-electron chi connectivity index (χ4n) is 2.18. The molecule has 2 aromatic heterocycles. The molecule has 0 atom stereocenters. The molecule has 2 heterocycles. The van der Waals surface area contributed by atoms with Gasteiger partial charge in [0.15, 0.2) is 5.76 Å². The molecule has 0 saturated heterocycles. The summed E-state index contributed by atoms with van der Waals surface area (Å²) in [4.78, 5) is 15.2. The lowest BCUT2D eigenvalue weighted by Gasteiger charge is -2.01. The highest BCUT2D eigenvalue weighted by Gasteiger charge is 2.15. The summed E-state index contributed by atoms with van der Waals surface area (Å²) in [5.41, 5.74) is 7.60. The fourth-order valence-corrected chi connectivity index (χ4v) is 2.77. The first-order valence-corrected chi connectivity index (χ1v) is 7.45. The van der Waals surface area contributed by atoms with Crippen LogP contribution in [0.15, 0.2) is 47.1 Å². The Morgan fingerprint density at radius 1 is 1.13 bits per heavy atom. The molecule has 5 nitrogen and oxygen atoms in total. The number of hydrogen-bond acceptors (Lipinski definition) is 4. The van der Waals surface area contributed by atoms with Crippen LogP contribution in [0.25, 0.3) is 22.7 Å². The summed E-state index contributed by atoms with van der Waals surface area (Å²) in [5.74, 6) is 0.0329. The molecule has 0 aliphatic rings. The number of benzene rings is 1. The molecule has 0 aliphatic carbocycles. The maximum atomic E-state index is 11.0. The van der Waals surface area contributed by atoms with E-state index in [2.05, 4.69) is 10.1 Å². The van der Waals surface area contributed by atoms with Crippen molar-refractivity contribution in [3.8, 4) is 22.7 Å². The predicted octanol–water partition coefficient (Wildman–Crippen LogP) is 3.74. The lowest BCUT2D eigenvalue weighted by molar-refractivity contribution is -0.117. The molecule has 0 fully saturated rings. The van der Waals surface area contributed by atoms with Crippen LogP contribution in [0.1, 0.15) is 5.56 Å². The van der Waals surface area contributed by atoms with Gasteiger partial charge in [0.25, 0.3) is 0 Å². The second-order valence-electron chi connectivity index (χ2n) is 4.87. The first-order chi connectivity index (χ1) is 11.0. The summed E-state index contributed by atoms with van der Waals surface area (Å²) in [6, 6.07) is 10.3. The molecule has 23 heavy (non-hydrogen) atoms. The minimum Gasteiger partial charge on any atom is -0.369 e. The molecule has 0 bridgehead atoms. The van der Waals surface area contributed by atoms with Crippen molar-refractivity contribution in [3.63, 3.8) is 0 Å². The first kappa shape index (κ1) is 15.5. The second-order valence-corrected chi connectivity index (χ2v) is 5.68. The molecule has 1 amide bonds. The van der Waals surface area contributed by atoms with Crippen molar-refractivity contribution in [3.05, 3.63) is 58.2 Å². The van der Waals surface area contributed by atoms with Gasteiger partial charge in [0.1, 0.15) is 11.4 Å². The monoisotopic (exact) mass is 347 g/mol. The van der Waals surface area contributed by atoms with Crippen molar-refractivity contribution in [2.45, 2.75) is 6.42 Å². The van der Waals surface area contributed by atoms with E-state index in [9.17, 15) is 4.79 Å². The third-order valence-corrected chi connectivity index (χ3v) is 3.81. The normalized spacial score (nSPS) is 10.7. The van der Waals surface area contributed by atoms with E-state index >= 15 is 0 Å². The van der Waals surface area contributed by atoms with Gasteiger partial charge in [0.05, 0.1) is 16.5 Å². The van der Waals surface area contributed by atoms with E-state index in [-0.39, 0.29) is 6.42 Å². The minimum absolute atomic E-state index is 0.132. The maximum Gasteiger partial charge on any atom is 0.221 e. The summed E-state index contributed by atoms with van der Waals surface area (Å²) in [7, 11) is 0. The summed E-state index contributed by atoms with van der Waals surface area (Å²) >= 11 is 12.3. The van der Waals surface area contributed by atoms with E-state index < -0.39 is 5.91 Å². The molecule has 0 unspecified atom stereocenters. The number of nitrogens with two attached hydrogens (primary N) is 1. The summed E-state index contributed by atoms with van der Waals surface area (Å²) in [6.07, 6.45) is 1.71. The molecule has 0 radical (unpaired) electrons. The third-order valence-electron chi connectivity index (χ3n) is 3.18. The Bertz CT molecular complexity index is 857. The van der Waals surface area contributed by atoms with Crippen LogP contribution in [-0.4, -0.2) is 16.0 Å². The fraction of sp³-hybridized carbons (Fsp3) is 0.0625. The highest BCUT2D eigenvalue weighted by Crippen LogP contribution is 2.35. The average Bonchev–Trinajstić information content (AvgIpc) is 2.96. The van der Waals surface area contributed by atoms with Crippen LogP contribution in [0, 0.1) is 0 Å². The van der Waals surface area contributed by atoms with Crippen molar-refractivity contribution in [1.29, 1.82) is 0 Å². The van der Waals surface area contributed by atoms with Crippen molar-refractivity contribution in [1.82, 2.24) is 10.1 Å². The first-order valence-electron chi connectivity index (χ1n) is 6.69. The lowest BCUT2D eigenvalue weighted by Crippen LogP contribution is -2.13. The van der Waals surface area contributed by atoms with Gasteiger partial charge in [0.2, 0.25) is 5.91 Å². The SMILES string of the molecule is NC(=O)Cc1ccnc(-c2cc(-c3c(Cl)cccc3Cl)no2)c1. The Hall–Kier alpha value is -2.37. The van der Waals surface area contributed by atoms with Crippen LogP contribution in [0.5, 0.6) is 0 Å². The van der Waals surface area contributed by atoms with Crippen LogP contribution in [0.4, 0.5) is 0 Å². The number of pyridine rings is 1. The summed E-state index contributed by atoms with van der Waals surface area (Å²) in [5, 5.41) is 4.96. The summed E-state index contributed by atoms with van der Waals surface area (Å²) in [6.45, 7) is 0. The molecule has 3 rings (SSSR count). The second kappa shape index (κ2) is 6.40. The molecule has 3 aromatic rings. The number of carbonyl (C=O) groups is 1. The van der Waals surface area contributed by atoms with E-state index in [1.165, 1.54) is 0 Å². The molecule has 0 saturated carbocycles. The van der Waals surface area contributed by atoms with Crippen molar-refractivity contribution in [2.24, 2.45) is 5.73 Å². The maximum absolute atomic E-state index is 11.0. The van der Waals surface area contributed by atoms with E-state index in [0.717, 1.165) is 5.56 Å². The van der Waals surface area contributed by atoms with Gasteiger partial charge < -0.3 is 10.3 Å².